The Morgan fingerprint density at radius 1 is 0.824 bits per heavy atom. The van der Waals surface area contributed by atoms with Crippen molar-refractivity contribution in [3.05, 3.63) is 12.2 Å². The lowest BCUT2D eigenvalue weighted by molar-refractivity contribution is 1.18. The Labute approximate surface area is 110 Å². The van der Waals surface area contributed by atoms with Crippen LogP contribution in [-0.4, -0.2) is 23.3 Å². The first-order chi connectivity index (χ1) is 7.08. The van der Waals surface area contributed by atoms with E-state index < -0.39 is 0 Å². The van der Waals surface area contributed by atoms with Crippen LogP contribution < -0.4 is 22.9 Å². The molecule has 0 aliphatic heterocycles. The molecule has 0 saturated carbocycles. The van der Waals surface area contributed by atoms with Crippen LogP contribution >= 0.6 is 24.8 Å². The van der Waals surface area contributed by atoms with E-state index in [-0.39, 0.29) is 36.7 Å². The Hall–Kier alpha value is -1.80. The maximum absolute atomic E-state index is 5.12. The molecule has 8 nitrogen and oxygen atoms in total. The summed E-state index contributed by atoms with van der Waals surface area (Å²) < 4.78 is 0. The monoisotopic (exact) mass is 280 g/mol. The number of rotatable bonds is 2. The maximum atomic E-state index is 5.12. The van der Waals surface area contributed by atoms with E-state index >= 15 is 0 Å². The number of nitrogens with two attached hydrogens (primary N) is 4. The first-order valence-electron chi connectivity index (χ1n) is 4.07. The van der Waals surface area contributed by atoms with E-state index in [1.807, 2.05) is 0 Å². The van der Waals surface area contributed by atoms with Crippen LogP contribution in [0.3, 0.4) is 0 Å². The molecular formula is C7H14Cl2N8. The molecule has 96 valence electrons. The van der Waals surface area contributed by atoms with Crippen molar-refractivity contribution in [3.63, 3.8) is 0 Å². The Kier molecular flexibility index (Phi) is 8.65. The minimum Gasteiger partial charge on any atom is -0.369 e. The lowest BCUT2D eigenvalue weighted by Gasteiger charge is -1.90. The molecule has 0 heterocycles. The van der Waals surface area contributed by atoms with Gasteiger partial charge in [-0.1, -0.05) is 0 Å². The zero-order valence-corrected chi connectivity index (χ0v) is 10.4. The van der Waals surface area contributed by atoms with E-state index in [1.54, 1.807) is 12.2 Å². The smallest absolute Gasteiger partial charge is 0.211 e. The Balaban J connectivity index is 0. The predicted octanol–water partition coefficient (Wildman–Crippen LogP) is -0.951. The molecule has 17 heavy (non-hydrogen) atoms. The molecule has 0 spiro atoms. The Bertz CT molecular complexity index is 351. The average Bonchev–Trinajstić information content (AvgIpc) is 2.59. The summed E-state index contributed by atoms with van der Waals surface area (Å²) in [4.78, 5) is 0. The van der Waals surface area contributed by atoms with Gasteiger partial charge >= 0.3 is 0 Å². The second-order valence-electron chi connectivity index (χ2n) is 2.74. The van der Waals surface area contributed by atoms with Gasteiger partial charge in [-0.3, -0.25) is 0 Å². The number of hydrogen-bond donors (Lipinski definition) is 4. The molecular weight excluding hydrogens is 267 g/mol. The van der Waals surface area contributed by atoms with Crippen molar-refractivity contribution in [2.75, 3.05) is 0 Å². The van der Waals surface area contributed by atoms with Gasteiger partial charge in [-0.05, 0) is 12.2 Å². The molecule has 1 aliphatic carbocycles. The highest BCUT2D eigenvalue weighted by Crippen LogP contribution is 2.05. The summed E-state index contributed by atoms with van der Waals surface area (Å²) in [6.07, 6.45) is 3.95. The van der Waals surface area contributed by atoms with Crippen LogP contribution in [0.15, 0.2) is 32.6 Å². The highest BCUT2D eigenvalue weighted by atomic mass is 35.5. The minimum atomic E-state index is -0.0921. The standard InChI is InChI=1S/C7H12N8.2ClH/c8-6(9)14-12-4-1-2-5(3-4)13-15-7(10)11;;/h1-2H,3H2,(H4,8,9,14)(H4,10,11,15);2*1H. The molecule has 0 unspecified atom stereocenters. The van der Waals surface area contributed by atoms with Gasteiger partial charge in [-0.15, -0.1) is 35.0 Å². The first kappa shape index (κ1) is 17.6. The van der Waals surface area contributed by atoms with E-state index in [2.05, 4.69) is 20.4 Å². The lowest BCUT2D eigenvalue weighted by atomic mass is 10.3. The van der Waals surface area contributed by atoms with Crippen LogP contribution in [0.2, 0.25) is 0 Å². The molecule has 0 aromatic carbocycles. The number of nitrogens with zero attached hydrogens (tertiary/aromatic N) is 4. The number of halogens is 2. The van der Waals surface area contributed by atoms with Gasteiger partial charge in [-0.2, -0.15) is 10.2 Å². The third-order valence-corrected chi connectivity index (χ3v) is 1.42. The molecule has 0 amide bonds. The summed E-state index contributed by atoms with van der Waals surface area (Å²) in [6.45, 7) is 0. The highest BCUT2D eigenvalue weighted by Gasteiger charge is 2.08. The van der Waals surface area contributed by atoms with E-state index in [9.17, 15) is 0 Å². The number of guanidine groups is 2. The van der Waals surface area contributed by atoms with Gasteiger partial charge in [0.05, 0.1) is 11.4 Å². The van der Waals surface area contributed by atoms with E-state index in [0.717, 1.165) is 0 Å². The molecule has 0 aromatic heterocycles. The molecule has 0 atom stereocenters. The third kappa shape index (κ3) is 7.14. The zero-order valence-electron chi connectivity index (χ0n) is 8.78. The summed E-state index contributed by atoms with van der Waals surface area (Å²) in [5.74, 6) is -0.184. The van der Waals surface area contributed by atoms with E-state index in [1.165, 1.54) is 0 Å². The normalized spacial score (nSPS) is 17.2. The highest BCUT2D eigenvalue weighted by molar-refractivity contribution is 6.20. The van der Waals surface area contributed by atoms with Crippen molar-refractivity contribution >= 4 is 48.2 Å². The second-order valence-corrected chi connectivity index (χ2v) is 2.74. The van der Waals surface area contributed by atoms with Crippen LogP contribution in [0, 0.1) is 0 Å². The molecule has 1 aliphatic rings. The summed E-state index contributed by atoms with van der Waals surface area (Å²) in [5.41, 5.74) is 21.8. The molecule has 8 N–H and O–H groups in total. The van der Waals surface area contributed by atoms with Crippen molar-refractivity contribution in [3.8, 4) is 0 Å². The van der Waals surface area contributed by atoms with Gasteiger partial charge in [0, 0.05) is 6.42 Å². The summed E-state index contributed by atoms with van der Waals surface area (Å²) in [7, 11) is 0. The second kappa shape index (κ2) is 8.36. The third-order valence-electron chi connectivity index (χ3n) is 1.42. The number of hydrogen-bond acceptors (Lipinski definition) is 4. The van der Waals surface area contributed by atoms with Crippen molar-refractivity contribution in [2.24, 2.45) is 43.3 Å². The molecule has 0 fully saturated rings. The molecule has 10 heteroatoms. The van der Waals surface area contributed by atoms with Crippen molar-refractivity contribution in [1.29, 1.82) is 0 Å². The van der Waals surface area contributed by atoms with E-state index in [0.29, 0.717) is 17.8 Å². The fourth-order valence-corrected chi connectivity index (χ4v) is 0.877. The van der Waals surface area contributed by atoms with Crippen LogP contribution in [0.5, 0.6) is 0 Å². The van der Waals surface area contributed by atoms with Crippen LogP contribution in [0.4, 0.5) is 0 Å². The van der Waals surface area contributed by atoms with Gasteiger partial charge in [0.2, 0.25) is 11.9 Å². The van der Waals surface area contributed by atoms with Gasteiger partial charge in [0.25, 0.3) is 0 Å². The topological polar surface area (TPSA) is 154 Å². The Morgan fingerprint density at radius 2 is 1.18 bits per heavy atom. The summed E-state index contributed by atoms with van der Waals surface area (Å²) in [5, 5.41) is 14.6. The minimum absolute atomic E-state index is 0. The molecule has 0 radical (unpaired) electrons. The maximum Gasteiger partial charge on any atom is 0.211 e. The predicted molar refractivity (Wildman–Crippen MR) is 74.7 cm³/mol. The van der Waals surface area contributed by atoms with E-state index in [4.69, 9.17) is 22.9 Å². The van der Waals surface area contributed by atoms with Crippen LogP contribution in [0.25, 0.3) is 0 Å². The van der Waals surface area contributed by atoms with Gasteiger partial charge in [0.1, 0.15) is 0 Å². The summed E-state index contributed by atoms with van der Waals surface area (Å²) >= 11 is 0. The van der Waals surface area contributed by atoms with Crippen molar-refractivity contribution in [1.82, 2.24) is 0 Å². The van der Waals surface area contributed by atoms with Crippen molar-refractivity contribution < 1.29 is 0 Å². The zero-order chi connectivity index (χ0) is 11.3. The molecule has 0 aromatic rings. The average molecular weight is 281 g/mol. The van der Waals surface area contributed by atoms with Gasteiger partial charge in [0.15, 0.2) is 0 Å². The van der Waals surface area contributed by atoms with Crippen LogP contribution in [-0.2, 0) is 0 Å². The van der Waals surface area contributed by atoms with Gasteiger partial charge < -0.3 is 22.9 Å². The van der Waals surface area contributed by atoms with Crippen LogP contribution in [0.1, 0.15) is 6.42 Å². The molecule has 0 bridgehead atoms. The first-order valence-corrected chi connectivity index (χ1v) is 4.07. The largest absolute Gasteiger partial charge is 0.369 e. The fraction of sp³-hybridized carbons (Fsp3) is 0.143. The fourth-order valence-electron chi connectivity index (χ4n) is 0.877. The number of allylic oxidation sites excluding steroid dienone is 2. The Morgan fingerprint density at radius 3 is 1.47 bits per heavy atom. The van der Waals surface area contributed by atoms with Crippen molar-refractivity contribution in [2.45, 2.75) is 6.42 Å². The van der Waals surface area contributed by atoms with Gasteiger partial charge in [-0.25, -0.2) is 0 Å². The SMILES string of the molecule is Cl.Cl.NC(N)=NN=C1C=CC(=NN=C(N)N)C1. The summed E-state index contributed by atoms with van der Waals surface area (Å²) in [6, 6.07) is 0. The quantitative estimate of drug-likeness (QED) is 0.292. The lowest BCUT2D eigenvalue weighted by Crippen LogP contribution is -2.22. The molecule has 0 saturated heterocycles. The molecule has 1 rings (SSSR count).